The molecule has 0 unspecified atom stereocenters. The van der Waals surface area contributed by atoms with Gasteiger partial charge < -0.3 is 9.55 Å². The number of nitrogens with one attached hydrogen (secondary N) is 1. The number of hydrogen-bond donors (Lipinski definition) is 1. The molecule has 0 spiro atoms. The number of carbonyl (C=O) groups is 1. The third kappa shape index (κ3) is 4.29. The van der Waals surface area contributed by atoms with Crippen molar-refractivity contribution in [3.63, 3.8) is 0 Å². The van der Waals surface area contributed by atoms with E-state index in [1.807, 2.05) is 19.1 Å². The molecule has 4 rings (SSSR count). The second kappa shape index (κ2) is 8.96. The van der Waals surface area contributed by atoms with Gasteiger partial charge in [-0.1, -0.05) is 13.0 Å². The van der Waals surface area contributed by atoms with Gasteiger partial charge in [0.2, 0.25) is 0 Å². The lowest BCUT2D eigenvalue weighted by Gasteiger charge is -2.13. The maximum absolute atomic E-state index is 15.0. The normalized spacial score (nSPS) is 11.5. The van der Waals surface area contributed by atoms with Crippen LogP contribution in [0.5, 0.6) is 0 Å². The minimum atomic E-state index is -3.81. The molecular formula is C26H22FN3O4S. The van der Waals surface area contributed by atoms with Crippen molar-refractivity contribution in [3.05, 3.63) is 87.2 Å². The summed E-state index contributed by atoms with van der Waals surface area (Å²) in [7, 11) is -3.81. The molecule has 9 heteroatoms. The molecule has 0 fully saturated rings. The van der Waals surface area contributed by atoms with E-state index in [9.17, 15) is 23.3 Å². The van der Waals surface area contributed by atoms with E-state index in [2.05, 4.69) is 4.98 Å². The lowest BCUT2D eigenvalue weighted by atomic mass is 10.00. The van der Waals surface area contributed by atoms with Crippen molar-refractivity contribution in [2.24, 2.45) is 0 Å². The maximum atomic E-state index is 15.0. The summed E-state index contributed by atoms with van der Waals surface area (Å²) in [4.78, 5) is 28.0. The molecule has 0 radical (unpaired) electrons. The SMILES string of the molecule is CCc1ccc2c(c1)c(-c1ccc[nH]c1=O)c(C(C)=O)n2Cc1cc(S(C)(=O)=O)c(C#N)cc1F. The van der Waals surface area contributed by atoms with Gasteiger partial charge in [0.1, 0.15) is 11.9 Å². The summed E-state index contributed by atoms with van der Waals surface area (Å²) in [6, 6.07) is 12.6. The summed E-state index contributed by atoms with van der Waals surface area (Å²) in [5, 5.41) is 9.94. The number of carbonyl (C=O) groups excluding carboxylic acids is 1. The number of aryl methyl sites for hydroxylation is 1. The van der Waals surface area contributed by atoms with Crippen LogP contribution < -0.4 is 5.56 Å². The molecule has 0 aliphatic rings. The van der Waals surface area contributed by atoms with Gasteiger partial charge in [-0.3, -0.25) is 9.59 Å². The van der Waals surface area contributed by atoms with E-state index < -0.39 is 15.7 Å². The number of rotatable bonds is 6. The predicted molar refractivity (Wildman–Crippen MR) is 131 cm³/mol. The van der Waals surface area contributed by atoms with E-state index in [4.69, 9.17) is 0 Å². The van der Waals surface area contributed by atoms with Crippen LogP contribution >= 0.6 is 0 Å². The third-order valence-corrected chi connectivity index (χ3v) is 7.09. The number of H-pyrrole nitrogens is 1. The van der Waals surface area contributed by atoms with E-state index in [1.54, 1.807) is 28.8 Å². The van der Waals surface area contributed by atoms with Crippen LogP contribution in [-0.2, 0) is 22.8 Å². The van der Waals surface area contributed by atoms with E-state index >= 15 is 4.39 Å². The number of aromatic nitrogens is 2. The maximum Gasteiger partial charge on any atom is 0.255 e. The van der Waals surface area contributed by atoms with Crippen LogP contribution in [0.1, 0.15) is 41.0 Å². The van der Waals surface area contributed by atoms with E-state index in [-0.39, 0.29) is 39.6 Å². The quantitative estimate of drug-likeness (QED) is 0.320. The topological polar surface area (TPSA) is 113 Å². The second-order valence-electron chi connectivity index (χ2n) is 8.31. The summed E-state index contributed by atoms with van der Waals surface area (Å²) in [5.74, 6) is -1.11. The molecule has 2 heterocycles. The molecule has 0 amide bonds. The first-order chi connectivity index (χ1) is 16.6. The summed E-state index contributed by atoms with van der Waals surface area (Å²) in [6.07, 6.45) is 3.17. The lowest BCUT2D eigenvalue weighted by molar-refractivity contribution is 0.101. The molecule has 0 aliphatic heterocycles. The molecule has 0 bridgehead atoms. The van der Waals surface area contributed by atoms with Gasteiger partial charge in [-0.15, -0.1) is 0 Å². The number of halogens is 1. The largest absolute Gasteiger partial charge is 0.333 e. The van der Waals surface area contributed by atoms with Crippen LogP contribution in [0.3, 0.4) is 0 Å². The van der Waals surface area contributed by atoms with Crippen molar-refractivity contribution in [2.45, 2.75) is 31.7 Å². The zero-order chi connectivity index (χ0) is 25.5. The standard InChI is InChI=1S/C26H22FN3O4S/c1-4-16-7-8-22-20(10-16)24(19-6-5-9-29-26(19)32)25(15(2)31)30(22)14-18-12-23(35(3,33)34)17(13-28)11-21(18)27/h5-12H,4,14H2,1-3H3,(H,29,32). The Hall–Kier alpha value is -4.03. The highest BCUT2D eigenvalue weighted by Crippen LogP contribution is 2.36. The number of Topliss-reactive ketones (excluding diaryl/α,β-unsaturated/α-hetero) is 1. The predicted octanol–water partition coefficient (Wildman–Crippen LogP) is 4.22. The number of hydrogen-bond acceptors (Lipinski definition) is 5. The molecule has 2 aromatic heterocycles. The van der Waals surface area contributed by atoms with Crippen LogP contribution in [0, 0.1) is 17.1 Å². The van der Waals surface area contributed by atoms with Gasteiger partial charge in [-0.05, 0) is 48.4 Å². The number of sulfone groups is 1. The average Bonchev–Trinajstić information content (AvgIpc) is 3.13. The smallest absolute Gasteiger partial charge is 0.255 e. The highest BCUT2D eigenvalue weighted by molar-refractivity contribution is 7.90. The highest BCUT2D eigenvalue weighted by Gasteiger charge is 2.25. The first-order valence-electron chi connectivity index (χ1n) is 10.8. The molecule has 0 atom stereocenters. The molecule has 0 saturated heterocycles. The van der Waals surface area contributed by atoms with Crippen molar-refractivity contribution in [1.29, 1.82) is 5.26 Å². The van der Waals surface area contributed by atoms with Crippen molar-refractivity contribution in [3.8, 4) is 17.2 Å². The molecule has 178 valence electrons. The molecule has 2 aromatic carbocycles. The summed E-state index contributed by atoms with van der Waals surface area (Å²) >= 11 is 0. The Morgan fingerprint density at radius 3 is 2.54 bits per heavy atom. The number of nitriles is 1. The van der Waals surface area contributed by atoms with Crippen molar-refractivity contribution in [2.75, 3.05) is 6.26 Å². The fourth-order valence-electron chi connectivity index (χ4n) is 4.32. The number of ketones is 1. The van der Waals surface area contributed by atoms with E-state index in [1.165, 1.54) is 13.1 Å². The Balaban J connectivity index is 2.08. The minimum Gasteiger partial charge on any atom is -0.333 e. The van der Waals surface area contributed by atoms with Crippen LogP contribution in [0.25, 0.3) is 22.0 Å². The Labute approximate surface area is 201 Å². The van der Waals surface area contributed by atoms with Crippen LogP contribution in [0.15, 0.2) is 58.4 Å². The minimum absolute atomic E-state index is 0.00286. The summed E-state index contributed by atoms with van der Waals surface area (Å²) in [6.45, 7) is 3.17. The van der Waals surface area contributed by atoms with Gasteiger partial charge in [-0.25, -0.2) is 12.8 Å². The number of nitrogens with zero attached hydrogens (tertiary/aromatic N) is 2. The first kappa shape index (κ1) is 24.1. The van der Waals surface area contributed by atoms with Gasteiger partial charge in [0.25, 0.3) is 5.56 Å². The Morgan fingerprint density at radius 2 is 1.94 bits per heavy atom. The van der Waals surface area contributed by atoms with Gasteiger partial charge in [-0.2, -0.15) is 5.26 Å². The molecule has 1 N–H and O–H groups in total. The number of fused-ring (bicyclic) bond motifs is 1. The first-order valence-corrected chi connectivity index (χ1v) is 12.7. The average molecular weight is 492 g/mol. The second-order valence-corrected chi connectivity index (χ2v) is 10.3. The highest BCUT2D eigenvalue weighted by atomic mass is 32.2. The van der Waals surface area contributed by atoms with Gasteiger partial charge in [0.15, 0.2) is 15.6 Å². The summed E-state index contributed by atoms with van der Waals surface area (Å²) < 4.78 is 41.1. The molecule has 35 heavy (non-hydrogen) atoms. The van der Waals surface area contributed by atoms with E-state index in [0.29, 0.717) is 22.0 Å². The van der Waals surface area contributed by atoms with Crippen LogP contribution in [0.2, 0.25) is 0 Å². The van der Waals surface area contributed by atoms with Gasteiger partial charge in [0.05, 0.1) is 22.7 Å². The number of benzene rings is 2. The lowest BCUT2D eigenvalue weighted by Crippen LogP contribution is -2.13. The van der Waals surface area contributed by atoms with Crippen LogP contribution in [0.4, 0.5) is 4.39 Å². The molecule has 7 nitrogen and oxygen atoms in total. The zero-order valence-electron chi connectivity index (χ0n) is 19.3. The van der Waals surface area contributed by atoms with Crippen molar-refractivity contribution < 1.29 is 17.6 Å². The fraction of sp³-hybridized carbons (Fsp3) is 0.192. The molecule has 0 saturated carbocycles. The monoisotopic (exact) mass is 491 g/mol. The Morgan fingerprint density at radius 1 is 1.20 bits per heavy atom. The van der Waals surface area contributed by atoms with Gasteiger partial charge in [0, 0.05) is 47.0 Å². The van der Waals surface area contributed by atoms with Crippen molar-refractivity contribution in [1.82, 2.24) is 9.55 Å². The fourth-order valence-corrected chi connectivity index (χ4v) is 5.18. The molecule has 0 aliphatic carbocycles. The number of aromatic amines is 1. The van der Waals surface area contributed by atoms with Crippen LogP contribution in [-0.4, -0.2) is 30.0 Å². The molecular weight excluding hydrogens is 469 g/mol. The zero-order valence-corrected chi connectivity index (χ0v) is 20.2. The third-order valence-electron chi connectivity index (χ3n) is 5.95. The van der Waals surface area contributed by atoms with E-state index in [0.717, 1.165) is 30.4 Å². The molecule has 4 aromatic rings. The summed E-state index contributed by atoms with van der Waals surface area (Å²) in [5.41, 5.74) is 1.85. The number of pyridine rings is 1. The Kier molecular flexibility index (Phi) is 6.17. The van der Waals surface area contributed by atoms with Gasteiger partial charge >= 0.3 is 0 Å². The Bertz CT molecular complexity index is 1710. The van der Waals surface area contributed by atoms with Crippen molar-refractivity contribution >= 4 is 26.5 Å².